The Kier molecular flexibility index (Phi) is 10.9. The van der Waals surface area contributed by atoms with Crippen LogP contribution < -0.4 is 15.5 Å². The molecule has 0 aromatic heterocycles. The summed E-state index contributed by atoms with van der Waals surface area (Å²) < 4.78 is 0. The molecular formula is C23H41N5O. The number of aliphatic imine (C=N–C) groups is 1. The summed E-state index contributed by atoms with van der Waals surface area (Å²) in [6, 6.07) is 11.2. The Morgan fingerprint density at radius 3 is 2.41 bits per heavy atom. The van der Waals surface area contributed by atoms with Crippen LogP contribution in [0.3, 0.4) is 0 Å². The highest BCUT2D eigenvalue weighted by molar-refractivity contribution is 5.79. The third-order valence-electron chi connectivity index (χ3n) is 5.71. The minimum atomic E-state index is 0.246. The van der Waals surface area contributed by atoms with Crippen LogP contribution in [0.25, 0.3) is 0 Å². The number of nitrogens with zero attached hydrogens (tertiary/aromatic N) is 3. The number of guanidine groups is 1. The molecule has 6 nitrogen and oxygen atoms in total. The molecule has 1 heterocycles. The molecule has 6 heteroatoms. The molecule has 1 aliphatic rings. The summed E-state index contributed by atoms with van der Waals surface area (Å²) in [5.74, 6) is 1.35. The normalized spacial score (nSPS) is 17.8. The number of hydrogen-bond acceptors (Lipinski definition) is 4. The van der Waals surface area contributed by atoms with Crippen LogP contribution in [0, 0.1) is 5.92 Å². The van der Waals surface area contributed by atoms with Crippen molar-refractivity contribution in [3.63, 3.8) is 0 Å². The maximum Gasteiger partial charge on any atom is 0.191 e. The van der Waals surface area contributed by atoms with Gasteiger partial charge in [-0.25, -0.2) is 0 Å². The molecule has 0 aliphatic carbocycles. The minimum absolute atomic E-state index is 0.246. The standard InChI is InChI=1S/C23H41N5O/c1-4-9-21(12-17-29)19-26-23(24-5-2)25-18-20(3)27-13-15-28(16-14-27)22-10-7-6-8-11-22/h6-8,10-11,20-21,29H,4-5,9,12-19H2,1-3H3,(H2,24,25,26). The van der Waals surface area contributed by atoms with Crippen molar-refractivity contribution in [3.05, 3.63) is 30.3 Å². The SMILES string of the molecule is CCCC(CCO)CN=C(NCC)NCC(C)N1CCN(c2ccccc2)CC1. The van der Waals surface area contributed by atoms with Gasteiger partial charge >= 0.3 is 0 Å². The first-order valence-electron chi connectivity index (χ1n) is 11.3. The number of anilines is 1. The fourth-order valence-corrected chi connectivity index (χ4v) is 3.91. The van der Waals surface area contributed by atoms with E-state index in [4.69, 9.17) is 4.99 Å². The summed E-state index contributed by atoms with van der Waals surface area (Å²) in [6.45, 7) is 13.7. The zero-order valence-electron chi connectivity index (χ0n) is 18.6. The van der Waals surface area contributed by atoms with E-state index in [2.05, 4.69) is 71.5 Å². The monoisotopic (exact) mass is 403 g/mol. The van der Waals surface area contributed by atoms with Gasteiger partial charge in [0.2, 0.25) is 0 Å². The summed E-state index contributed by atoms with van der Waals surface area (Å²) in [5.41, 5.74) is 1.32. The topological polar surface area (TPSA) is 63.1 Å². The molecule has 1 aromatic rings. The Morgan fingerprint density at radius 2 is 1.79 bits per heavy atom. The van der Waals surface area contributed by atoms with E-state index in [1.54, 1.807) is 0 Å². The second-order valence-corrected chi connectivity index (χ2v) is 7.98. The number of piperazine rings is 1. The van der Waals surface area contributed by atoms with Gasteiger partial charge in [0.1, 0.15) is 0 Å². The lowest BCUT2D eigenvalue weighted by atomic mass is 10.0. The molecule has 0 amide bonds. The lowest BCUT2D eigenvalue weighted by Gasteiger charge is -2.39. The Bertz CT molecular complexity index is 566. The maximum atomic E-state index is 9.26. The summed E-state index contributed by atoms with van der Waals surface area (Å²) in [7, 11) is 0. The van der Waals surface area contributed by atoms with Gasteiger partial charge in [0.15, 0.2) is 5.96 Å². The van der Waals surface area contributed by atoms with E-state index in [1.807, 2.05) is 0 Å². The van der Waals surface area contributed by atoms with Gasteiger partial charge in [-0.2, -0.15) is 0 Å². The van der Waals surface area contributed by atoms with E-state index in [0.29, 0.717) is 12.0 Å². The fourth-order valence-electron chi connectivity index (χ4n) is 3.91. The highest BCUT2D eigenvalue weighted by Gasteiger charge is 2.21. The number of rotatable bonds is 11. The molecule has 2 atom stereocenters. The fraction of sp³-hybridized carbons (Fsp3) is 0.696. The Hall–Kier alpha value is -1.79. The van der Waals surface area contributed by atoms with Crippen molar-refractivity contribution in [2.45, 2.75) is 46.1 Å². The van der Waals surface area contributed by atoms with Crippen LogP contribution in [0.15, 0.2) is 35.3 Å². The van der Waals surface area contributed by atoms with Gasteiger partial charge < -0.3 is 20.6 Å². The number of hydrogen-bond donors (Lipinski definition) is 3. The molecule has 2 rings (SSSR count). The molecule has 0 bridgehead atoms. The van der Waals surface area contributed by atoms with Crippen LogP contribution in [0.4, 0.5) is 5.69 Å². The van der Waals surface area contributed by atoms with E-state index < -0.39 is 0 Å². The van der Waals surface area contributed by atoms with E-state index >= 15 is 0 Å². The Balaban J connectivity index is 1.79. The van der Waals surface area contributed by atoms with Crippen LogP contribution >= 0.6 is 0 Å². The molecule has 164 valence electrons. The number of para-hydroxylation sites is 1. The molecule has 1 saturated heterocycles. The summed E-state index contributed by atoms with van der Waals surface area (Å²) >= 11 is 0. The van der Waals surface area contributed by atoms with Crippen molar-refractivity contribution in [1.82, 2.24) is 15.5 Å². The van der Waals surface area contributed by atoms with E-state index in [-0.39, 0.29) is 6.61 Å². The second kappa shape index (κ2) is 13.4. The first-order chi connectivity index (χ1) is 14.2. The Morgan fingerprint density at radius 1 is 1.07 bits per heavy atom. The van der Waals surface area contributed by atoms with Crippen molar-refractivity contribution in [3.8, 4) is 0 Å². The third-order valence-corrected chi connectivity index (χ3v) is 5.71. The molecule has 0 radical (unpaired) electrons. The number of nitrogens with one attached hydrogen (secondary N) is 2. The highest BCUT2D eigenvalue weighted by atomic mass is 16.3. The average molecular weight is 404 g/mol. The van der Waals surface area contributed by atoms with Gasteiger partial charge in [-0.3, -0.25) is 9.89 Å². The summed E-state index contributed by atoms with van der Waals surface area (Å²) in [4.78, 5) is 9.80. The maximum absolute atomic E-state index is 9.26. The van der Waals surface area contributed by atoms with Crippen molar-refractivity contribution in [2.24, 2.45) is 10.9 Å². The van der Waals surface area contributed by atoms with Crippen molar-refractivity contribution in [2.75, 3.05) is 57.3 Å². The molecule has 1 fully saturated rings. The van der Waals surface area contributed by atoms with Gasteiger partial charge in [0.05, 0.1) is 0 Å². The second-order valence-electron chi connectivity index (χ2n) is 7.98. The smallest absolute Gasteiger partial charge is 0.191 e. The largest absolute Gasteiger partial charge is 0.396 e. The highest BCUT2D eigenvalue weighted by Crippen LogP contribution is 2.16. The molecule has 1 aromatic carbocycles. The zero-order chi connectivity index (χ0) is 20.9. The first-order valence-corrected chi connectivity index (χ1v) is 11.3. The van der Waals surface area contributed by atoms with Crippen molar-refractivity contribution in [1.29, 1.82) is 0 Å². The molecule has 29 heavy (non-hydrogen) atoms. The quantitative estimate of drug-likeness (QED) is 0.391. The van der Waals surface area contributed by atoms with Crippen LogP contribution in [-0.4, -0.2) is 74.4 Å². The number of aliphatic hydroxyl groups is 1. The average Bonchev–Trinajstić information content (AvgIpc) is 2.76. The van der Waals surface area contributed by atoms with Crippen LogP contribution in [-0.2, 0) is 0 Å². The van der Waals surface area contributed by atoms with Gasteiger partial charge in [0.25, 0.3) is 0 Å². The molecule has 1 aliphatic heterocycles. The predicted octanol–water partition coefficient (Wildman–Crippen LogP) is 2.55. The zero-order valence-corrected chi connectivity index (χ0v) is 18.6. The third kappa shape index (κ3) is 8.23. The van der Waals surface area contributed by atoms with Crippen LogP contribution in [0.1, 0.15) is 40.0 Å². The van der Waals surface area contributed by atoms with Gasteiger partial charge in [-0.05, 0) is 44.7 Å². The van der Waals surface area contributed by atoms with Crippen molar-refractivity contribution < 1.29 is 5.11 Å². The Labute approximate surface area is 177 Å². The van der Waals surface area contributed by atoms with E-state index in [0.717, 1.165) is 71.0 Å². The van der Waals surface area contributed by atoms with Crippen LogP contribution in [0.2, 0.25) is 0 Å². The number of aliphatic hydroxyl groups excluding tert-OH is 1. The summed E-state index contributed by atoms with van der Waals surface area (Å²) in [6.07, 6.45) is 3.08. The van der Waals surface area contributed by atoms with Crippen molar-refractivity contribution >= 4 is 11.6 Å². The predicted molar refractivity (Wildman–Crippen MR) is 124 cm³/mol. The lowest BCUT2D eigenvalue weighted by Crippen LogP contribution is -2.53. The van der Waals surface area contributed by atoms with E-state index in [1.165, 1.54) is 5.69 Å². The number of benzene rings is 1. The van der Waals surface area contributed by atoms with Crippen LogP contribution in [0.5, 0.6) is 0 Å². The molecule has 0 spiro atoms. The summed E-state index contributed by atoms with van der Waals surface area (Å²) in [5, 5.41) is 16.1. The van der Waals surface area contributed by atoms with Gasteiger partial charge in [-0.1, -0.05) is 31.5 Å². The van der Waals surface area contributed by atoms with Gasteiger partial charge in [0, 0.05) is 64.1 Å². The van der Waals surface area contributed by atoms with E-state index in [9.17, 15) is 5.11 Å². The minimum Gasteiger partial charge on any atom is -0.396 e. The molecule has 2 unspecified atom stereocenters. The molecule has 0 saturated carbocycles. The van der Waals surface area contributed by atoms with Gasteiger partial charge in [-0.15, -0.1) is 0 Å². The first kappa shape index (κ1) is 23.5. The lowest BCUT2D eigenvalue weighted by molar-refractivity contribution is 0.197. The molecule has 3 N–H and O–H groups in total. The molecular weight excluding hydrogens is 362 g/mol.